The van der Waals surface area contributed by atoms with E-state index >= 15 is 0 Å². The van der Waals surface area contributed by atoms with E-state index in [0.717, 1.165) is 12.5 Å². The Hall–Kier alpha value is -0.610. The van der Waals surface area contributed by atoms with Gasteiger partial charge in [0.25, 0.3) is 0 Å². The SMILES string of the molecule is O=C(O)CCC1CCCCN1C1CCN2CCCCC12. The standard InChI is InChI=1S/C16H28N2O2/c19-16(20)8-7-13-5-1-4-11-18(13)15-9-12-17-10-3-2-6-14(15)17/h13-15H,1-12H2,(H,19,20). The van der Waals surface area contributed by atoms with Crippen LogP contribution in [0.15, 0.2) is 0 Å². The van der Waals surface area contributed by atoms with Crippen LogP contribution in [0.1, 0.15) is 57.8 Å². The van der Waals surface area contributed by atoms with Crippen molar-refractivity contribution >= 4 is 5.97 Å². The number of carboxylic acids is 1. The first kappa shape index (κ1) is 14.3. The number of likely N-dealkylation sites (tertiary alicyclic amines) is 1. The lowest BCUT2D eigenvalue weighted by molar-refractivity contribution is -0.137. The summed E-state index contributed by atoms with van der Waals surface area (Å²) in [5.41, 5.74) is 0. The molecule has 20 heavy (non-hydrogen) atoms. The largest absolute Gasteiger partial charge is 0.481 e. The molecule has 0 spiro atoms. The molecule has 0 bridgehead atoms. The predicted octanol–water partition coefficient (Wildman–Crippen LogP) is 2.33. The molecular weight excluding hydrogens is 252 g/mol. The maximum absolute atomic E-state index is 10.9. The fraction of sp³-hybridized carbons (Fsp3) is 0.938. The van der Waals surface area contributed by atoms with Crippen LogP contribution in [0.4, 0.5) is 0 Å². The van der Waals surface area contributed by atoms with Gasteiger partial charge in [-0.1, -0.05) is 12.8 Å². The van der Waals surface area contributed by atoms with Gasteiger partial charge in [-0.2, -0.15) is 0 Å². The second-order valence-corrected chi connectivity index (χ2v) is 6.77. The van der Waals surface area contributed by atoms with E-state index in [9.17, 15) is 4.79 Å². The average Bonchev–Trinajstić information content (AvgIpc) is 2.89. The van der Waals surface area contributed by atoms with Crippen molar-refractivity contribution in [2.45, 2.75) is 75.9 Å². The Labute approximate surface area is 122 Å². The van der Waals surface area contributed by atoms with E-state index in [1.54, 1.807) is 0 Å². The lowest BCUT2D eigenvalue weighted by Crippen LogP contribution is -2.52. The maximum atomic E-state index is 10.9. The van der Waals surface area contributed by atoms with E-state index in [1.807, 2.05) is 0 Å². The molecule has 3 saturated heterocycles. The number of rotatable bonds is 4. The van der Waals surface area contributed by atoms with Crippen LogP contribution in [-0.4, -0.2) is 58.6 Å². The van der Waals surface area contributed by atoms with Gasteiger partial charge in [0.1, 0.15) is 0 Å². The molecule has 3 unspecified atom stereocenters. The molecule has 3 atom stereocenters. The monoisotopic (exact) mass is 280 g/mol. The summed E-state index contributed by atoms with van der Waals surface area (Å²) < 4.78 is 0. The van der Waals surface area contributed by atoms with Crippen molar-refractivity contribution in [2.24, 2.45) is 0 Å². The summed E-state index contributed by atoms with van der Waals surface area (Å²) in [4.78, 5) is 16.3. The lowest BCUT2D eigenvalue weighted by Gasteiger charge is -2.44. The molecule has 4 heteroatoms. The third kappa shape index (κ3) is 3.01. The normalized spacial score (nSPS) is 35.9. The number of fused-ring (bicyclic) bond motifs is 1. The molecular formula is C16H28N2O2. The van der Waals surface area contributed by atoms with Gasteiger partial charge in [-0.05, 0) is 51.6 Å². The molecule has 0 aromatic rings. The Bertz CT molecular complexity index is 347. The molecule has 0 saturated carbocycles. The number of hydrogen-bond acceptors (Lipinski definition) is 3. The minimum atomic E-state index is -0.638. The van der Waals surface area contributed by atoms with Crippen molar-refractivity contribution < 1.29 is 9.90 Å². The second-order valence-electron chi connectivity index (χ2n) is 6.77. The molecule has 114 valence electrons. The van der Waals surface area contributed by atoms with Gasteiger partial charge in [0.2, 0.25) is 0 Å². The fourth-order valence-electron chi connectivity index (χ4n) is 4.67. The molecule has 3 heterocycles. The van der Waals surface area contributed by atoms with Crippen LogP contribution < -0.4 is 0 Å². The Morgan fingerprint density at radius 1 is 0.950 bits per heavy atom. The average molecular weight is 280 g/mol. The molecule has 4 nitrogen and oxygen atoms in total. The van der Waals surface area contributed by atoms with Crippen LogP contribution in [0.5, 0.6) is 0 Å². The molecule has 3 rings (SSSR count). The van der Waals surface area contributed by atoms with Gasteiger partial charge in [-0.25, -0.2) is 0 Å². The number of carboxylic acid groups (broad SMARTS) is 1. The lowest BCUT2D eigenvalue weighted by atomic mass is 9.91. The quantitative estimate of drug-likeness (QED) is 0.858. The predicted molar refractivity (Wildman–Crippen MR) is 78.8 cm³/mol. The number of hydrogen-bond donors (Lipinski definition) is 1. The molecule has 0 aromatic heterocycles. The molecule has 3 aliphatic rings. The molecule has 3 fully saturated rings. The van der Waals surface area contributed by atoms with Crippen LogP contribution in [-0.2, 0) is 4.79 Å². The van der Waals surface area contributed by atoms with Gasteiger partial charge in [0.15, 0.2) is 0 Å². The van der Waals surface area contributed by atoms with Crippen molar-refractivity contribution in [1.82, 2.24) is 9.80 Å². The van der Waals surface area contributed by atoms with Gasteiger partial charge in [-0.3, -0.25) is 14.6 Å². The number of aliphatic carboxylic acids is 1. The van der Waals surface area contributed by atoms with E-state index in [-0.39, 0.29) is 0 Å². The molecule has 0 aromatic carbocycles. The highest BCUT2D eigenvalue weighted by molar-refractivity contribution is 5.66. The van der Waals surface area contributed by atoms with Gasteiger partial charge < -0.3 is 5.11 Å². The van der Waals surface area contributed by atoms with E-state index in [1.165, 1.54) is 64.6 Å². The first-order valence-corrected chi connectivity index (χ1v) is 8.47. The molecule has 0 aliphatic carbocycles. The van der Waals surface area contributed by atoms with Crippen molar-refractivity contribution in [1.29, 1.82) is 0 Å². The second kappa shape index (κ2) is 6.44. The highest BCUT2D eigenvalue weighted by Crippen LogP contribution is 2.34. The third-order valence-electron chi connectivity index (χ3n) is 5.61. The third-order valence-corrected chi connectivity index (χ3v) is 5.61. The summed E-state index contributed by atoms with van der Waals surface area (Å²) in [5.74, 6) is -0.638. The Morgan fingerprint density at radius 3 is 2.60 bits per heavy atom. The zero-order valence-corrected chi connectivity index (χ0v) is 12.5. The number of piperidine rings is 2. The summed E-state index contributed by atoms with van der Waals surface area (Å²) in [5, 5.41) is 8.96. The highest BCUT2D eigenvalue weighted by atomic mass is 16.4. The Kier molecular flexibility index (Phi) is 4.61. The Morgan fingerprint density at radius 2 is 1.75 bits per heavy atom. The summed E-state index contributed by atoms with van der Waals surface area (Å²) in [7, 11) is 0. The van der Waals surface area contributed by atoms with Crippen molar-refractivity contribution in [3.63, 3.8) is 0 Å². The van der Waals surface area contributed by atoms with Crippen LogP contribution >= 0.6 is 0 Å². The minimum absolute atomic E-state index is 0.336. The summed E-state index contributed by atoms with van der Waals surface area (Å²) in [6.07, 6.45) is 10.4. The van der Waals surface area contributed by atoms with Gasteiger partial charge in [0.05, 0.1) is 0 Å². The van der Waals surface area contributed by atoms with Gasteiger partial charge in [0, 0.05) is 31.1 Å². The molecule has 0 radical (unpaired) electrons. The van der Waals surface area contributed by atoms with Crippen molar-refractivity contribution in [3.8, 4) is 0 Å². The smallest absolute Gasteiger partial charge is 0.303 e. The maximum Gasteiger partial charge on any atom is 0.303 e. The van der Waals surface area contributed by atoms with Crippen LogP contribution in [0, 0.1) is 0 Å². The highest BCUT2D eigenvalue weighted by Gasteiger charge is 2.41. The zero-order chi connectivity index (χ0) is 13.9. The van der Waals surface area contributed by atoms with E-state index in [4.69, 9.17) is 5.11 Å². The number of nitrogens with zero attached hydrogens (tertiary/aromatic N) is 2. The van der Waals surface area contributed by atoms with Crippen LogP contribution in [0.2, 0.25) is 0 Å². The fourth-order valence-corrected chi connectivity index (χ4v) is 4.67. The van der Waals surface area contributed by atoms with Gasteiger partial charge >= 0.3 is 5.97 Å². The molecule has 3 aliphatic heterocycles. The Balaban J connectivity index is 1.64. The molecule has 0 amide bonds. The van der Waals surface area contributed by atoms with Crippen LogP contribution in [0.25, 0.3) is 0 Å². The van der Waals surface area contributed by atoms with Gasteiger partial charge in [-0.15, -0.1) is 0 Å². The first-order valence-electron chi connectivity index (χ1n) is 8.47. The number of carbonyl (C=O) groups is 1. The summed E-state index contributed by atoms with van der Waals surface area (Å²) in [6.45, 7) is 3.74. The van der Waals surface area contributed by atoms with Crippen LogP contribution in [0.3, 0.4) is 0 Å². The van der Waals surface area contributed by atoms with E-state index in [2.05, 4.69) is 9.80 Å². The van der Waals surface area contributed by atoms with Crippen molar-refractivity contribution in [2.75, 3.05) is 19.6 Å². The first-order chi connectivity index (χ1) is 9.75. The zero-order valence-electron chi connectivity index (χ0n) is 12.5. The topological polar surface area (TPSA) is 43.8 Å². The minimum Gasteiger partial charge on any atom is -0.481 e. The summed E-state index contributed by atoms with van der Waals surface area (Å²) >= 11 is 0. The van der Waals surface area contributed by atoms with E-state index in [0.29, 0.717) is 18.5 Å². The summed E-state index contributed by atoms with van der Waals surface area (Å²) in [6, 6.07) is 1.98. The van der Waals surface area contributed by atoms with E-state index < -0.39 is 5.97 Å². The van der Waals surface area contributed by atoms with Crippen molar-refractivity contribution in [3.05, 3.63) is 0 Å². The molecule has 1 N–H and O–H groups in total.